The molecule has 0 fully saturated rings. The molecule has 0 spiro atoms. The van der Waals surface area contributed by atoms with Crippen molar-refractivity contribution in [3.63, 3.8) is 0 Å². The van der Waals surface area contributed by atoms with Crippen molar-refractivity contribution in [1.29, 1.82) is 0 Å². The van der Waals surface area contributed by atoms with Crippen LogP contribution in [0.25, 0.3) is 0 Å². The van der Waals surface area contributed by atoms with Gasteiger partial charge in [0.05, 0.1) is 0 Å². The number of hydrogen-bond acceptors (Lipinski definition) is 5. The summed E-state index contributed by atoms with van der Waals surface area (Å²) in [5.41, 5.74) is 0. The Morgan fingerprint density at radius 1 is 0.857 bits per heavy atom. The molecule has 0 aromatic carbocycles. The first-order chi connectivity index (χ1) is 9.51. The van der Waals surface area contributed by atoms with Gasteiger partial charge in [-0.1, -0.05) is 6.58 Å². The van der Waals surface area contributed by atoms with Crippen LogP contribution in [-0.2, 0) is 4.52 Å². The molecule has 126 valence electrons. The van der Waals surface area contributed by atoms with Crippen LogP contribution in [0.1, 0.15) is 55.4 Å². The van der Waals surface area contributed by atoms with Crippen molar-refractivity contribution in [2.45, 2.75) is 85.4 Å². The largest absolute Gasteiger partial charge is 0.330 e. The van der Waals surface area contributed by atoms with E-state index in [1.807, 2.05) is 0 Å². The molecule has 6 heteroatoms. The summed E-state index contributed by atoms with van der Waals surface area (Å²) >= 11 is 0. The molecule has 0 unspecified atom stereocenters. The third kappa shape index (κ3) is 4.98. The molecular weight excluding hydrogens is 287 g/mol. The lowest BCUT2D eigenvalue weighted by Crippen LogP contribution is -2.67. The van der Waals surface area contributed by atoms with Crippen LogP contribution < -0.4 is 0 Å². The zero-order valence-electron chi connectivity index (χ0n) is 14.7. The van der Waals surface area contributed by atoms with E-state index in [1.54, 1.807) is 6.08 Å². The van der Waals surface area contributed by atoms with Crippen LogP contribution >= 0.6 is 8.60 Å². The van der Waals surface area contributed by atoms with Gasteiger partial charge in [-0.3, -0.25) is 14.3 Å². The standard InChI is InChI=1S/C15H33N2O3P/c1-10-15(20-21(18)19,16(11(2)3)12(4)5)17(13(6)7)14(8)9/h10-14,18-19H,1H2,2-9H3. The molecule has 0 amide bonds. The van der Waals surface area contributed by atoms with Crippen molar-refractivity contribution in [2.24, 2.45) is 0 Å². The minimum absolute atomic E-state index is 0.151. The predicted octanol–water partition coefficient (Wildman–Crippen LogP) is 3.29. The summed E-state index contributed by atoms with van der Waals surface area (Å²) in [4.78, 5) is 23.3. The monoisotopic (exact) mass is 320 g/mol. The van der Waals surface area contributed by atoms with E-state index in [4.69, 9.17) is 4.52 Å². The van der Waals surface area contributed by atoms with Gasteiger partial charge in [-0.05, 0) is 61.5 Å². The summed E-state index contributed by atoms with van der Waals surface area (Å²) in [6.45, 7) is 20.5. The van der Waals surface area contributed by atoms with Gasteiger partial charge in [0.25, 0.3) is 0 Å². The highest BCUT2D eigenvalue weighted by Gasteiger charge is 2.47. The topological polar surface area (TPSA) is 56.2 Å². The highest BCUT2D eigenvalue weighted by molar-refractivity contribution is 7.39. The van der Waals surface area contributed by atoms with Crippen molar-refractivity contribution < 1.29 is 14.3 Å². The van der Waals surface area contributed by atoms with Crippen LogP contribution in [-0.4, -0.2) is 49.6 Å². The Labute approximate surface area is 131 Å². The first-order valence-corrected chi connectivity index (χ1v) is 8.75. The second-order valence-corrected chi connectivity index (χ2v) is 7.08. The zero-order valence-corrected chi connectivity index (χ0v) is 15.6. The molecule has 0 radical (unpaired) electrons. The lowest BCUT2D eigenvalue weighted by atomic mass is 10.1. The molecule has 5 nitrogen and oxygen atoms in total. The van der Waals surface area contributed by atoms with Gasteiger partial charge in [0.1, 0.15) is 0 Å². The molecule has 21 heavy (non-hydrogen) atoms. The Bertz CT molecular complexity index is 284. The summed E-state index contributed by atoms with van der Waals surface area (Å²) in [5.74, 6) is -1.06. The molecule has 0 rings (SSSR count). The second-order valence-electron chi connectivity index (χ2n) is 6.40. The SMILES string of the molecule is C=CC(OP(O)O)(N(C(C)C)C(C)C)N(C(C)C)C(C)C. The fourth-order valence-electron chi connectivity index (χ4n) is 3.27. The zero-order chi connectivity index (χ0) is 17.0. The summed E-state index contributed by atoms with van der Waals surface area (Å²) in [7, 11) is -2.51. The van der Waals surface area contributed by atoms with Crippen LogP contribution in [0.3, 0.4) is 0 Å². The highest BCUT2D eigenvalue weighted by atomic mass is 31.2. The maximum absolute atomic E-state index is 9.54. The van der Waals surface area contributed by atoms with Crippen molar-refractivity contribution in [1.82, 2.24) is 9.80 Å². The third-order valence-electron chi connectivity index (χ3n) is 3.45. The molecule has 0 aliphatic heterocycles. The Kier molecular flexibility index (Phi) is 8.55. The van der Waals surface area contributed by atoms with Gasteiger partial charge in [0.15, 0.2) is 0 Å². The van der Waals surface area contributed by atoms with Gasteiger partial charge in [-0.2, -0.15) is 0 Å². The average Bonchev–Trinajstić information content (AvgIpc) is 2.25. The van der Waals surface area contributed by atoms with Crippen molar-refractivity contribution in [3.8, 4) is 0 Å². The van der Waals surface area contributed by atoms with E-state index in [1.165, 1.54) is 0 Å². The molecular formula is C15H33N2O3P. The molecule has 0 aromatic heterocycles. The Morgan fingerprint density at radius 3 is 1.29 bits per heavy atom. The lowest BCUT2D eigenvalue weighted by Gasteiger charge is -2.54. The van der Waals surface area contributed by atoms with Gasteiger partial charge in [-0.15, -0.1) is 0 Å². The van der Waals surface area contributed by atoms with Gasteiger partial charge in [0.2, 0.25) is 5.85 Å². The summed E-state index contributed by atoms with van der Waals surface area (Å²) in [6, 6.07) is 0.604. The molecule has 0 heterocycles. The summed E-state index contributed by atoms with van der Waals surface area (Å²) in [5, 5.41) is 0. The maximum atomic E-state index is 9.54. The molecule has 0 aliphatic rings. The van der Waals surface area contributed by atoms with Crippen LogP contribution in [0.4, 0.5) is 0 Å². The molecule has 2 N–H and O–H groups in total. The van der Waals surface area contributed by atoms with E-state index in [9.17, 15) is 9.79 Å². The molecule has 0 saturated heterocycles. The number of nitrogens with zero attached hydrogens (tertiary/aromatic N) is 2. The molecule has 0 bridgehead atoms. The quantitative estimate of drug-likeness (QED) is 0.388. The minimum Gasteiger partial charge on any atom is -0.328 e. The van der Waals surface area contributed by atoms with E-state index in [0.717, 1.165) is 0 Å². The van der Waals surface area contributed by atoms with Crippen molar-refractivity contribution in [2.75, 3.05) is 0 Å². The first kappa shape index (κ1) is 21.0. The van der Waals surface area contributed by atoms with Gasteiger partial charge in [-0.25, -0.2) is 0 Å². The summed E-state index contributed by atoms with van der Waals surface area (Å²) in [6.07, 6.45) is 1.68. The first-order valence-electron chi connectivity index (χ1n) is 7.58. The molecule has 0 aliphatic carbocycles. The Hall–Kier alpha value is -0.0300. The molecule has 0 aromatic rings. The van der Waals surface area contributed by atoms with Crippen molar-refractivity contribution >= 4 is 8.60 Å². The molecule has 0 atom stereocenters. The van der Waals surface area contributed by atoms with Crippen LogP contribution in [0, 0.1) is 0 Å². The third-order valence-corrected chi connectivity index (χ3v) is 3.88. The number of rotatable bonds is 9. The van der Waals surface area contributed by atoms with Gasteiger partial charge >= 0.3 is 8.60 Å². The van der Waals surface area contributed by atoms with E-state index >= 15 is 0 Å². The van der Waals surface area contributed by atoms with Crippen LogP contribution in [0.2, 0.25) is 0 Å². The maximum Gasteiger partial charge on any atom is 0.330 e. The van der Waals surface area contributed by atoms with E-state index in [2.05, 4.69) is 71.8 Å². The van der Waals surface area contributed by atoms with E-state index in [0.29, 0.717) is 0 Å². The fraction of sp³-hybridized carbons (Fsp3) is 0.867. The Morgan fingerprint density at radius 2 is 1.14 bits per heavy atom. The minimum atomic E-state index is -2.51. The van der Waals surface area contributed by atoms with Crippen molar-refractivity contribution in [3.05, 3.63) is 12.7 Å². The Balaban J connectivity index is 6.11. The van der Waals surface area contributed by atoms with Crippen LogP contribution in [0.5, 0.6) is 0 Å². The summed E-state index contributed by atoms with van der Waals surface area (Å²) < 4.78 is 5.67. The number of hydrogen-bond donors (Lipinski definition) is 2. The highest BCUT2D eigenvalue weighted by Crippen LogP contribution is 2.41. The van der Waals surface area contributed by atoms with Crippen LogP contribution in [0.15, 0.2) is 12.7 Å². The van der Waals surface area contributed by atoms with Gasteiger partial charge in [0, 0.05) is 24.2 Å². The van der Waals surface area contributed by atoms with E-state index in [-0.39, 0.29) is 24.2 Å². The normalized spacial score (nSPS) is 13.8. The fourth-order valence-corrected chi connectivity index (χ4v) is 3.77. The predicted molar refractivity (Wildman–Crippen MR) is 89.6 cm³/mol. The lowest BCUT2D eigenvalue weighted by molar-refractivity contribution is -0.207. The average molecular weight is 320 g/mol. The second kappa shape index (κ2) is 8.56. The van der Waals surface area contributed by atoms with E-state index < -0.39 is 14.5 Å². The molecule has 0 saturated carbocycles. The van der Waals surface area contributed by atoms with Gasteiger partial charge < -0.3 is 9.79 Å². The smallest absolute Gasteiger partial charge is 0.328 e.